The summed E-state index contributed by atoms with van der Waals surface area (Å²) in [4.78, 5) is 3.12. The molecule has 1 aromatic heterocycles. The van der Waals surface area contributed by atoms with Crippen LogP contribution in [0.25, 0.3) is 0 Å². The van der Waals surface area contributed by atoms with Crippen molar-refractivity contribution in [1.29, 1.82) is 0 Å². The van der Waals surface area contributed by atoms with Crippen LogP contribution in [0.15, 0.2) is 24.4 Å². The third kappa shape index (κ3) is 4.66. The van der Waals surface area contributed by atoms with Crippen LogP contribution in [0.2, 0.25) is 0 Å². The summed E-state index contributed by atoms with van der Waals surface area (Å²) in [5.74, 6) is -1.12. The van der Waals surface area contributed by atoms with E-state index in [9.17, 15) is 43.2 Å². The number of aromatic nitrogens is 1. The molecule has 132 valence electrons. The van der Waals surface area contributed by atoms with E-state index < -0.39 is 42.3 Å². The van der Waals surface area contributed by atoms with E-state index in [4.69, 9.17) is 0 Å². The Hall–Kier alpha value is -1.65. The van der Waals surface area contributed by atoms with E-state index in [0.29, 0.717) is 6.07 Å². The number of hydrogen-bond donors (Lipinski definition) is 0. The summed E-state index contributed by atoms with van der Waals surface area (Å²) >= 11 is 0. The second-order valence-electron chi connectivity index (χ2n) is 3.39. The van der Waals surface area contributed by atoms with Gasteiger partial charge in [-0.15, -0.1) is 8.57 Å². The number of anilines is 1. The van der Waals surface area contributed by atoms with Gasteiger partial charge in [-0.2, -0.15) is 43.2 Å². The van der Waals surface area contributed by atoms with Crippen LogP contribution in [0.3, 0.4) is 0 Å². The van der Waals surface area contributed by atoms with Crippen LogP contribution < -0.4 is 5.23 Å². The molecule has 0 spiro atoms. The zero-order chi connectivity index (χ0) is 18.1. The first-order valence-electron chi connectivity index (χ1n) is 4.90. The lowest BCUT2D eigenvalue weighted by atomic mass is 10.5. The first-order valence-corrected chi connectivity index (χ1v) is 7.72. The van der Waals surface area contributed by atoms with Crippen LogP contribution in [-0.2, 0) is 28.8 Å². The minimum Gasteiger partial charge on any atom is -0.235 e. The first-order chi connectivity index (χ1) is 10.2. The Labute approximate surface area is 124 Å². The van der Waals surface area contributed by atoms with Crippen molar-refractivity contribution in [3.63, 3.8) is 0 Å². The molecule has 1 heterocycles. The summed E-state index contributed by atoms with van der Waals surface area (Å²) in [6, 6.07) is 2.73. The molecule has 0 aliphatic heterocycles. The monoisotopic (exact) mass is 390 g/mol. The lowest BCUT2D eigenvalue weighted by Crippen LogP contribution is -2.39. The molecule has 0 saturated heterocycles. The molecule has 0 unspecified atom stereocenters. The largest absolute Gasteiger partial charge is 0.525 e. The van der Waals surface area contributed by atoms with E-state index in [0.717, 1.165) is 18.3 Å². The standard InChI is InChI=1S/C7H4F6N2O6S2/c8-6(9,10)22(16,17)20-15(5-3-1-2-4-14-5)21-23(18,19)7(11,12)13/h1-4H. The molecule has 0 radical (unpaired) electrons. The maximum Gasteiger partial charge on any atom is 0.525 e. The van der Waals surface area contributed by atoms with Crippen molar-refractivity contribution in [2.24, 2.45) is 0 Å². The van der Waals surface area contributed by atoms with Crippen LogP contribution in [0.4, 0.5) is 32.2 Å². The van der Waals surface area contributed by atoms with Crippen molar-refractivity contribution < 1.29 is 51.7 Å². The van der Waals surface area contributed by atoms with Gasteiger partial charge in [0.05, 0.1) is 0 Å². The van der Waals surface area contributed by atoms with Gasteiger partial charge in [0, 0.05) is 6.20 Å². The lowest BCUT2D eigenvalue weighted by Gasteiger charge is -2.20. The zero-order valence-corrected chi connectivity index (χ0v) is 11.9. The van der Waals surface area contributed by atoms with Gasteiger partial charge in [-0.25, -0.2) is 4.98 Å². The summed E-state index contributed by atoms with van der Waals surface area (Å²) < 4.78 is 123. The van der Waals surface area contributed by atoms with Gasteiger partial charge in [0.1, 0.15) is 0 Å². The number of pyridine rings is 1. The molecule has 0 bridgehead atoms. The van der Waals surface area contributed by atoms with Crippen LogP contribution in [-0.4, -0.2) is 32.8 Å². The summed E-state index contributed by atoms with van der Waals surface area (Å²) in [6.07, 6.45) is 0.787. The van der Waals surface area contributed by atoms with Crippen LogP contribution in [0.1, 0.15) is 0 Å². The van der Waals surface area contributed by atoms with Crippen molar-refractivity contribution >= 4 is 26.1 Å². The molecule has 1 aromatic rings. The molecule has 8 nitrogen and oxygen atoms in total. The van der Waals surface area contributed by atoms with E-state index >= 15 is 0 Å². The highest BCUT2D eigenvalue weighted by atomic mass is 32.2. The predicted molar refractivity (Wildman–Crippen MR) is 58.8 cm³/mol. The number of rotatable bonds is 5. The van der Waals surface area contributed by atoms with E-state index in [1.165, 1.54) is 0 Å². The maximum absolute atomic E-state index is 12.2. The maximum atomic E-state index is 12.2. The average molecular weight is 390 g/mol. The fraction of sp³-hybridized carbons (Fsp3) is 0.286. The van der Waals surface area contributed by atoms with Crippen LogP contribution >= 0.6 is 0 Å². The number of alkyl halides is 6. The first kappa shape index (κ1) is 19.4. The Balaban J connectivity index is 3.26. The van der Waals surface area contributed by atoms with Gasteiger partial charge < -0.3 is 0 Å². The number of halogens is 6. The molecule has 0 saturated carbocycles. The van der Waals surface area contributed by atoms with Crippen molar-refractivity contribution in [2.75, 3.05) is 5.23 Å². The Morgan fingerprint density at radius 1 is 0.870 bits per heavy atom. The molecular weight excluding hydrogens is 386 g/mol. The van der Waals surface area contributed by atoms with Crippen LogP contribution in [0.5, 0.6) is 0 Å². The minimum absolute atomic E-state index is 0.623. The Bertz CT molecular complexity index is 698. The third-order valence-electron chi connectivity index (χ3n) is 1.73. The minimum atomic E-state index is -6.53. The van der Waals surface area contributed by atoms with Gasteiger partial charge in [-0.3, -0.25) is 0 Å². The van der Waals surface area contributed by atoms with Crippen LogP contribution in [0, 0.1) is 0 Å². The Morgan fingerprint density at radius 3 is 1.61 bits per heavy atom. The fourth-order valence-electron chi connectivity index (χ4n) is 0.813. The highest BCUT2D eigenvalue weighted by Gasteiger charge is 2.53. The Kier molecular flexibility index (Phi) is 5.14. The zero-order valence-electron chi connectivity index (χ0n) is 10.2. The molecule has 1 rings (SSSR count). The van der Waals surface area contributed by atoms with Crippen molar-refractivity contribution in [1.82, 2.24) is 4.98 Å². The second kappa shape index (κ2) is 6.10. The van der Waals surface area contributed by atoms with Gasteiger partial charge in [-0.05, 0) is 12.1 Å². The number of nitrogens with zero attached hydrogens (tertiary/aromatic N) is 2. The third-order valence-corrected chi connectivity index (χ3v) is 3.53. The van der Waals surface area contributed by atoms with Gasteiger partial charge in [0.15, 0.2) is 5.82 Å². The van der Waals surface area contributed by atoms with Gasteiger partial charge in [0.2, 0.25) is 0 Å². The molecular formula is C7H4F6N2O6S2. The predicted octanol–water partition coefficient (Wildman–Crippen LogP) is 1.45. The lowest BCUT2D eigenvalue weighted by molar-refractivity contribution is -0.0731. The summed E-state index contributed by atoms with van der Waals surface area (Å²) in [5.41, 5.74) is -12.1. The molecule has 0 N–H and O–H groups in total. The topological polar surface area (TPSA) is 103 Å². The molecule has 0 aromatic carbocycles. The van der Waals surface area contributed by atoms with E-state index in [1.54, 1.807) is 0 Å². The molecule has 0 atom stereocenters. The van der Waals surface area contributed by atoms with Gasteiger partial charge in [-0.1, -0.05) is 11.3 Å². The average Bonchev–Trinajstić information content (AvgIpc) is 2.35. The molecule has 23 heavy (non-hydrogen) atoms. The highest BCUT2D eigenvalue weighted by molar-refractivity contribution is 7.88. The van der Waals surface area contributed by atoms with Crippen molar-refractivity contribution in [2.45, 2.75) is 11.0 Å². The van der Waals surface area contributed by atoms with Gasteiger partial charge in [0.25, 0.3) is 0 Å². The van der Waals surface area contributed by atoms with Gasteiger partial charge >= 0.3 is 31.3 Å². The summed E-state index contributed by atoms with van der Waals surface area (Å²) in [6.45, 7) is 0. The smallest absolute Gasteiger partial charge is 0.235 e. The quantitative estimate of drug-likeness (QED) is 0.423. The molecule has 0 amide bonds. The fourth-order valence-corrected chi connectivity index (χ4v) is 1.59. The number of hydrogen-bond acceptors (Lipinski definition) is 8. The molecule has 16 heteroatoms. The van der Waals surface area contributed by atoms with Crippen molar-refractivity contribution in [3.8, 4) is 0 Å². The molecule has 0 aliphatic carbocycles. The summed E-state index contributed by atoms with van der Waals surface area (Å²) in [5, 5.41) is -1.13. The van der Waals surface area contributed by atoms with Crippen molar-refractivity contribution in [3.05, 3.63) is 24.4 Å². The molecule has 0 fully saturated rings. The summed E-state index contributed by atoms with van der Waals surface area (Å²) in [7, 11) is -13.1. The van der Waals surface area contributed by atoms with E-state index in [2.05, 4.69) is 13.6 Å². The van der Waals surface area contributed by atoms with E-state index in [-0.39, 0.29) is 0 Å². The second-order valence-corrected chi connectivity index (χ2v) is 6.43. The SMILES string of the molecule is O=S(=O)(ON(OS(=O)(=O)C(F)(F)F)c1ccccn1)C(F)(F)F. The Morgan fingerprint density at radius 2 is 1.30 bits per heavy atom. The normalized spacial score (nSPS) is 13.8. The highest BCUT2D eigenvalue weighted by Crippen LogP contribution is 2.30. The van der Waals surface area contributed by atoms with E-state index in [1.807, 2.05) is 0 Å². The molecule has 0 aliphatic rings.